The molecule has 27 heavy (non-hydrogen) atoms. The molecule has 7 heteroatoms. The van der Waals surface area contributed by atoms with E-state index in [4.69, 9.17) is 0 Å². The van der Waals surface area contributed by atoms with Crippen LogP contribution in [0.15, 0.2) is 57.8 Å². The highest BCUT2D eigenvalue weighted by atomic mass is 32.2. The lowest BCUT2D eigenvalue weighted by molar-refractivity contribution is 0.581. The van der Waals surface area contributed by atoms with Crippen LogP contribution < -0.4 is 4.72 Å². The van der Waals surface area contributed by atoms with Crippen LogP contribution in [0, 0.1) is 0 Å². The molecule has 0 atom stereocenters. The van der Waals surface area contributed by atoms with Gasteiger partial charge in [0.1, 0.15) is 0 Å². The Bertz CT molecular complexity index is 969. The van der Waals surface area contributed by atoms with E-state index in [1.54, 1.807) is 41.3 Å². The summed E-state index contributed by atoms with van der Waals surface area (Å²) in [4.78, 5) is 4.90. The van der Waals surface area contributed by atoms with Crippen molar-refractivity contribution in [1.82, 2.24) is 9.71 Å². The number of nitrogens with one attached hydrogen (secondary N) is 1. The van der Waals surface area contributed by atoms with Crippen LogP contribution >= 0.6 is 23.1 Å². The zero-order valence-corrected chi connectivity index (χ0v) is 17.8. The molecule has 0 bridgehead atoms. The van der Waals surface area contributed by atoms with Crippen LogP contribution in [0.1, 0.15) is 38.2 Å². The Hall–Kier alpha value is -1.41. The van der Waals surface area contributed by atoms with Crippen LogP contribution in [0.4, 0.5) is 0 Å². The highest BCUT2D eigenvalue weighted by Crippen LogP contribution is 2.31. The lowest BCUT2D eigenvalue weighted by Gasteiger charge is -2.06. The first kappa shape index (κ1) is 20.3. The minimum Gasteiger partial charge on any atom is -0.230 e. The first-order valence-electron chi connectivity index (χ1n) is 9.15. The monoisotopic (exact) mass is 420 g/mol. The van der Waals surface area contributed by atoms with Crippen LogP contribution in [0.3, 0.4) is 0 Å². The van der Waals surface area contributed by atoms with Crippen molar-refractivity contribution in [1.29, 1.82) is 0 Å². The average molecular weight is 421 g/mol. The molecule has 0 spiro atoms. The van der Waals surface area contributed by atoms with Gasteiger partial charge in [-0.15, -0.1) is 11.3 Å². The molecule has 144 valence electrons. The molecule has 0 aliphatic rings. The van der Waals surface area contributed by atoms with Crippen molar-refractivity contribution in [2.24, 2.45) is 0 Å². The third-order valence-electron chi connectivity index (χ3n) is 4.18. The molecule has 0 aliphatic carbocycles. The zero-order chi connectivity index (χ0) is 19.1. The van der Waals surface area contributed by atoms with Gasteiger partial charge in [-0.25, -0.2) is 18.1 Å². The highest BCUT2D eigenvalue weighted by Gasteiger charge is 2.15. The summed E-state index contributed by atoms with van der Waals surface area (Å²) in [5.41, 5.74) is 1.79. The smallest absolute Gasteiger partial charge is 0.230 e. The fourth-order valence-corrected chi connectivity index (χ4v) is 5.95. The first-order chi connectivity index (χ1) is 13.1. The molecule has 1 heterocycles. The van der Waals surface area contributed by atoms with Gasteiger partial charge in [-0.3, -0.25) is 0 Å². The Morgan fingerprint density at radius 2 is 1.89 bits per heavy atom. The van der Waals surface area contributed by atoms with Crippen molar-refractivity contribution in [3.05, 3.63) is 54.1 Å². The topological polar surface area (TPSA) is 59.1 Å². The maximum Gasteiger partial charge on any atom is 0.240 e. The Kier molecular flexibility index (Phi) is 7.29. The van der Waals surface area contributed by atoms with Gasteiger partial charge in [0.05, 0.1) is 15.1 Å². The number of nitrogens with zero attached hydrogens (tertiary/aromatic N) is 1. The molecule has 0 aliphatic heterocycles. The number of unbranched alkanes of at least 4 members (excludes halogenated alkanes) is 3. The predicted molar refractivity (Wildman–Crippen MR) is 115 cm³/mol. The van der Waals surface area contributed by atoms with Gasteiger partial charge in [0.25, 0.3) is 0 Å². The minimum atomic E-state index is -3.55. The van der Waals surface area contributed by atoms with E-state index in [1.807, 2.05) is 30.3 Å². The Morgan fingerprint density at radius 3 is 2.67 bits per heavy atom. The predicted octanol–water partition coefficient (Wildman–Crippen LogP) is 5.45. The standard InChI is InChI=1S/C20H24N2O2S3/c1-2-3-4-8-13-25-20-22-18-12-11-17(14-19(18)26-20)27(23,24)21-15-16-9-6-5-7-10-16/h5-7,9-12,14,21H,2-4,8,13,15H2,1H3. The maximum atomic E-state index is 12.6. The fraction of sp³-hybridized carbons (Fsp3) is 0.350. The van der Waals surface area contributed by atoms with Gasteiger partial charge in [-0.05, 0) is 30.2 Å². The van der Waals surface area contributed by atoms with E-state index in [1.165, 1.54) is 25.7 Å². The minimum absolute atomic E-state index is 0.281. The molecule has 1 aromatic heterocycles. The molecule has 1 N–H and O–H groups in total. The van der Waals surface area contributed by atoms with Crippen LogP contribution in [-0.2, 0) is 16.6 Å². The second-order valence-electron chi connectivity index (χ2n) is 6.33. The van der Waals surface area contributed by atoms with Crippen molar-refractivity contribution in [2.45, 2.75) is 48.4 Å². The molecule has 4 nitrogen and oxygen atoms in total. The van der Waals surface area contributed by atoms with Crippen molar-refractivity contribution >= 4 is 43.3 Å². The van der Waals surface area contributed by atoms with Crippen molar-refractivity contribution in [3.8, 4) is 0 Å². The van der Waals surface area contributed by atoms with Crippen molar-refractivity contribution in [2.75, 3.05) is 5.75 Å². The SMILES string of the molecule is CCCCCCSc1nc2ccc(S(=O)(=O)NCc3ccccc3)cc2s1. The summed E-state index contributed by atoms with van der Waals surface area (Å²) >= 11 is 3.33. The number of fused-ring (bicyclic) bond motifs is 1. The Balaban J connectivity index is 1.66. The number of rotatable bonds is 10. The summed E-state index contributed by atoms with van der Waals surface area (Å²) in [6.45, 7) is 2.49. The van der Waals surface area contributed by atoms with Crippen LogP contribution in [-0.4, -0.2) is 19.2 Å². The van der Waals surface area contributed by atoms with Gasteiger partial charge < -0.3 is 0 Å². The highest BCUT2D eigenvalue weighted by molar-refractivity contribution is 8.01. The second-order valence-corrected chi connectivity index (χ2v) is 10.5. The Labute approximate surface area is 169 Å². The van der Waals surface area contributed by atoms with Crippen molar-refractivity contribution in [3.63, 3.8) is 0 Å². The fourth-order valence-electron chi connectivity index (χ4n) is 2.66. The molecule has 0 saturated heterocycles. The van der Waals surface area contributed by atoms with Gasteiger partial charge in [-0.2, -0.15) is 0 Å². The third kappa shape index (κ3) is 5.78. The Morgan fingerprint density at radius 1 is 1.07 bits per heavy atom. The lowest BCUT2D eigenvalue weighted by Crippen LogP contribution is -2.23. The van der Waals surface area contributed by atoms with Crippen LogP contribution in [0.2, 0.25) is 0 Å². The van der Waals surface area contributed by atoms with Gasteiger partial charge in [-0.1, -0.05) is 68.3 Å². The van der Waals surface area contributed by atoms with E-state index in [9.17, 15) is 8.42 Å². The molecule has 3 aromatic rings. The number of thioether (sulfide) groups is 1. The molecule has 0 radical (unpaired) electrons. The van der Waals surface area contributed by atoms with Crippen LogP contribution in [0.5, 0.6) is 0 Å². The number of aromatic nitrogens is 1. The summed E-state index contributed by atoms with van der Waals surface area (Å²) in [7, 11) is -3.55. The van der Waals surface area contributed by atoms with E-state index >= 15 is 0 Å². The van der Waals surface area contributed by atoms with E-state index in [-0.39, 0.29) is 11.4 Å². The molecule has 0 fully saturated rings. The average Bonchev–Trinajstić information content (AvgIpc) is 3.09. The summed E-state index contributed by atoms with van der Waals surface area (Å²) in [5, 5.41) is 0. The van der Waals surface area contributed by atoms with Gasteiger partial charge in [0, 0.05) is 12.3 Å². The molecule has 0 saturated carbocycles. The number of thiazole rings is 1. The van der Waals surface area contributed by atoms with E-state index in [0.29, 0.717) is 0 Å². The lowest BCUT2D eigenvalue weighted by atomic mass is 10.2. The zero-order valence-electron chi connectivity index (χ0n) is 15.3. The molecular weight excluding hydrogens is 396 g/mol. The maximum absolute atomic E-state index is 12.6. The number of sulfonamides is 1. The summed E-state index contributed by atoms with van der Waals surface area (Å²) in [6.07, 6.45) is 4.96. The molecule has 2 aromatic carbocycles. The van der Waals surface area contributed by atoms with Gasteiger partial charge in [0.15, 0.2) is 4.34 Å². The second kappa shape index (κ2) is 9.68. The van der Waals surface area contributed by atoms with E-state index < -0.39 is 10.0 Å². The molecule has 3 rings (SSSR count). The summed E-state index contributed by atoms with van der Waals surface area (Å²) in [6, 6.07) is 14.7. The van der Waals surface area contributed by atoms with Gasteiger partial charge >= 0.3 is 0 Å². The third-order valence-corrected chi connectivity index (χ3v) is 7.83. The molecule has 0 amide bonds. The van der Waals surface area contributed by atoms with Crippen molar-refractivity contribution < 1.29 is 8.42 Å². The quantitative estimate of drug-likeness (QED) is 0.350. The first-order valence-corrected chi connectivity index (χ1v) is 12.4. The number of hydrogen-bond acceptors (Lipinski definition) is 5. The molecule has 0 unspecified atom stereocenters. The summed E-state index contributed by atoms with van der Waals surface area (Å²) < 4.78 is 29.8. The van der Waals surface area contributed by atoms with E-state index in [2.05, 4.69) is 16.6 Å². The normalized spacial score (nSPS) is 11.9. The summed E-state index contributed by atoms with van der Waals surface area (Å²) in [5.74, 6) is 1.06. The largest absolute Gasteiger partial charge is 0.240 e. The number of hydrogen-bond donors (Lipinski definition) is 1. The van der Waals surface area contributed by atoms with Crippen LogP contribution in [0.25, 0.3) is 10.2 Å². The number of benzene rings is 2. The van der Waals surface area contributed by atoms with Gasteiger partial charge in [0.2, 0.25) is 10.0 Å². The molecular formula is C20H24N2O2S3. The van der Waals surface area contributed by atoms with E-state index in [0.717, 1.165) is 25.9 Å².